The molecule has 5 nitrogen and oxygen atoms in total. The van der Waals surface area contributed by atoms with E-state index in [1.165, 1.54) is 5.56 Å². The summed E-state index contributed by atoms with van der Waals surface area (Å²) in [6, 6.07) is 9.97. The molecule has 4 rings (SSSR count). The van der Waals surface area contributed by atoms with Gasteiger partial charge in [-0.25, -0.2) is 0 Å². The summed E-state index contributed by atoms with van der Waals surface area (Å²) < 4.78 is 0. The van der Waals surface area contributed by atoms with E-state index in [9.17, 15) is 14.7 Å². The zero-order valence-electron chi connectivity index (χ0n) is 15.4. The SMILES string of the molecule is CN1CC2(CC2)CC(C(=O)O)C1C(=O)N1CCC(c2ccccc2)CC1. The largest absolute Gasteiger partial charge is 0.481 e. The minimum atomic E-state index is -0.819. The summed E-state index contributed by atoms with van der Waals surface area (Å²) in [7, 11) is 1.93. The molecule has 1 amide bonds. The molecule has 2 saturated heterocycles. The highest BCUT2D eigenvalue weighted by Gasteiger charge is 2.55. The van der Waals surface area contributed by atoms with E-state index in [0.29, 0.717) is 12.3 Å². The Kier molecular flexibility index (Phi) is 4.51. The Morgan fingerprint density at radius 2 is 1.77 bits per heavy atom. The van der Waals surface area contributed by atoms with Crippen LogP contribution in [0.25, 0.3) is 0 Å². The van der Waals surface area contributed by atoms with Crippen molar-refractivity contribution in [2.45, 2.75) is 44.1 Å². The highest BCUT2D eigenvalue weighted by molar-refractivity contribution is 5.88. The molecule has 1 aromatic carbocycles. The number of hydrogen-bond donors (Lipinski definition) is 1. The van der Waals surface area contributed by atoms with Gasteiger partial charge in [0.2, 0.25) is 5.91 Å². The molecule has 1 spiro atoms. The number of aliphatic carboxylic acids is 1. The molecule has 140 valence electrons. The van der Waals surface area contributed by atoms with Crippen LogP contribution >= 0.6 is 0 Å². The molecule has 1 saturated carbocycles. The maximum absolute atomic E-state index is 13.2. The Labute approximate surface area is 155 Å². The molecule has 2 aliphatic heterocycles. The van der Waals surface area contributed by atoms with Gasteiger partial charge in [0.1, 0.15) is 6.04 Å². The van der Waals surface area contributed by atoms with Crippen molar-refractivity contribution in [1.29, 1.82) is 0 Å². The van der Waals surface area contributed by atoms with Gasteiger partial charge in [-0.3, -0.25) is 14.5 Å². The molecule has 0 bridgehead atoms. The van der Waals surface area contributed by atoms with Gasteiger partial charge in [0.25, 0.3) is 0 Å². The van der Waals surface area contributed by atoms with Crippen molar-refractivity contribution >= 4 is 11.9 Å². The fraction of sp³-hybridized carbons (Fsp3) is 0.619. The summed E-state index contributed by atoms with van der Waals surface area (Å²) >= 11 is 0. The number of amides is 1. The first kappa shape index (κ1) is 17.5. The van der Waals surface area contributed by atoms with Crippen molar-refractivity contribution < 1.29 is 14.7 Å². The van der Waals surface area contributed by atoms with Crippen LogP contribution < -0.4 is 0 Å². The van der Waals surface area contributed by atoms with Crippen molar-refractivity contribution in [2.24, 2.45) is 11.3 Å². The summed E-state index contributed by atoms with van der Waals surface area (Å²) in [5.41, 5.74) is 1.50. The van der Waals surface area contributed by atoms with Gasteiger partial charge in [0.05, 0.1) is 5.92 Å². The Morgan fingerprint density at radius 1 is 1.12 bits per heavy atom. The van der Waals surface area contributed by atoms with Gasteiger partial charge in [-0.1, -0.05) is 30.3 Å². The fourth-order valence-corrected chi connectivity index (χ4v) is 5.04. The van der Waals surface area contributed by atoms with Crippen LogP contribution in [0.4, 0.5) is 0 Å². The first-order chi connectivity index (χ1) is 12.5. The van der Waals surface area contributed by atoms with E-state index in [2.05, 4.69) is 24.3 Å². The second kappa shape index (κ2) is 6.69. The van der Waals surface area contributed by atoms with Gasteiger partial charge in [-0.2, -0.15) is 0 Å². The second-order valence-electron chi connectivity index (χ2n) is 8.52. The van der Waals surface area contributed by atoms with Gasteiger partial charge >= 0.3 is 5.97 Å². The van der Waals surface area contributed by atoms with E-state index < -0.39 is 17.9 Å². The minimum absolute atomic E-state index is 0.0157. The van der Waals surface area contributed by atoms with Crippen LogP contribution in [0.15, 0.2) is 30.3 Å². The molecule has 3 fully saturated rings. The normalized spacial score (nSPS) is 28.9. The molecule has 2 atom stereocenters. The number of hydrogen-bond acceptors (Lipinski definition) is 3. The predicted molar refractivity (Wildman–Crippen MR) is 98.8 cm³/mol. The zero-order chi connectivity index (χ0) is 18.3. The molecule has 1 N–H and O–H groups in total. The second-order valence-corrected chi connectivity index (χ2v) is 8.52. The Morgan fingerprint density at radius 3 is 2.35 bits per heavy atom. The van der Waals surface area contributed by atoms with Gasteiger partial charge in [0, 0.05) is 19.6 Å². The molecule has 2 heterocycles. The number of rotatable bonds is 3. The minimum Gasteiger partial charge on any atom is -0.481 e. The number of carboxylic acid groups (broad SMARTS) is 1. The summed E-state index contributed by atoms with van der Waals surface area (Å²) in [6.07, 6.45) is 4.76. The number of benzene rings is 1. The van der Waals surface area contributed by atoms with E-state index in [-0.39, 0.29) is 11.3 Å². The molecular formula is C21H28N2O3. The highest BCUT2D eigenvalue weighted by atomic mass is 16.4. The van der Waals surface area contributed by atoms with Crippen molar-refractivity contribution in [3.05, 3.63) is 35.9 Å². The van der Waals surface area contributed by atoms with E-state index in [4.69, 9.17) is 0 Å². The molecule has 1 aromatic rings. The van der Waals surface area contributed by atoms with E-state index in [0.717, 1.165) is 45.3 Å². The van der Waals surface area contributed by atoms with Crippen LogP contribution in [-0.2, 0) is 9.59 Å². The Bertz CT molecular complexity index is 678. The standard InChI is InChI=1S/C21H28N2O3/c1-22-14-21(9-10-21)13-17(20(25)26)18(22)19(24)23-11-7-16(8-12-23)15-5-3-2-4-6-15/h2-6,16-18H,7-14H2,1H3,(H,25,26). The Balaban J connectivity index is 1.43. The van der Waals surface area contributed by atoms with Crippen molar-refractivity contribution in [3.8, 4) is 0 Å². The number of nitrogens with zero attached hydrogens (tertiary/aromatic N) is 2. The van der Waals surface area contributed by atoms with Crippen LogP contribution in [0.2, 0.25) is 0 Å². The summed E-state index contributed by atoms with van der Waals surface area (Å²) in [6.45, 7) is 2.30. The van der Waals surface area contributed by atoms with Crippen LogP contribution in [0.5, 0.6) is 0 Å². The maximum atomic E-state index is 13.2. The number of likely N-dealkylation sites (N-methyl/N-ethyl adjacent to an activating group) is 1. The van der Waals surface area contributed by atoms with Gasteiger partial charge < -0.3 is 10.0 Å². The molecule has 3 aliphatic rings. The summed E-state index contributed by atoms with van der Waals surface area (Å²) in [5, 5.41) is 9.73. The third kappa shape index (κ3) is 3.25. The first-order valence-corrected chi connectivity index (χ1v) is 9.76. The smallest absolute Gasteiger partial charge is 0.308 e. The quantitative estimate of drug-likeness (QED) is 0.904. The van der Waals surface area contributed by atoms with Crippen molar-refractivity contribution in [3.63, 3.8) is 0 Å². The summed E-state index contributed by atoms with van der Waals surface area (Å²) in [4.78, 5) is 28.9. The molecular weight excluding hydrogens is 328 g/mol. The van der Waals surface area contributed by atoms with Crippen LogP contribution in [0.3, 0.4) is 0 Å². The average molecular weight is 356 g/mol. The number of carboxylic acids is 1. The van der Waals surface area contributed by atoms with E-state index >= 15 is 0 Å². The lowest BCUT2D eigenvalue weighted by molar-refractivity contribution is -0.156. The molecule has 0 radical (unpaired) electrons. The number of likely N-dealkylation sites (tertiary alicyclic amines) is 2. The number of carbonyl (C=O) groups is 2. The van der Waals surface area contributed by atoms with E-state index in [1.54, 1.807) is 0 Å². The third-order valence-corrected chi connectivity index (χ3v) is 6.70. The zero-order valence-corrected chi connectivity index (χ0v) is 15.4. The molecule has 1 aliphatic carbocycles. The predicted octanol–water partition coefficient (Wildman–Crippen LogP) is 2.58. The molecule has 26 heavy (non-hydrogen) atoms. The molecule has 2 unspecified atom stereocenters. The van der Waals surface area contributed by atoms with E-state index in [1.807, 2.05) is 22.9 Å². The maximum Gasteiger partial charge on any atom is 0.308 e. The lowest BCUT2D eigenvalue weighted by Gasteiger charge is -2.43. The van der Waals surface area contributed by atoms with Gasteiger partial charge in [-0.05, 0) is 56.0 Å². The monoisotopic (exact) mass is 356 g/mol. The lowest BCUT2D eigenvalue weighted by atomic mass is 9.80. The third-order valence-electron chi connectivity index (χ3n) is 6.70. The summed E-state index contributed by atoms with van der Waals surface area (Å²) in [5.74, 6) is -0.882. The highest BCUT2D eigenvalue weighted by Crippen LogP contribution is 2.54. The number of carbonyl (C=O) groups excluding carboxylic acids is 1. The first-order valence-electron chi connectivity index (χ1n) is 9.76. The fourth-order valence-electron chi connectivity index (χ4n) is 5.04. The molecule has 0 aromatic heterocycles. The Hall–Kier alpha value is -1.88. The molecule has 5 heteroatoms. The van der Waals surface area contributed by atoms with Gasteiger partial charge in [0.15, 0.2) is 0 Å². The van der Waals surface area contributed by atoms with Crippen LogP contribution in [-0.4, -0.2) is 59.5 Å². The van der Waals surface area contributed by atoms with Crippen LogP contribution in [0.1, 0.15) is 43.6 Å². The lowest BCUT2D eigenvalue weighted by Crippen LogP contribution is -2.58. The van der Waals surface area contributed by atoms with Gasteiger partial charge in [-0.15, -0.1) is 0 Å². The van der Waals surface area contributed by atoms with Crippen molar-refractivity contribution in [1.82, 2.24) is 9.80 Å². The topological polar surface area (TPSA) is 60.9 Å². The average Bonchev–Trinajstić information content (AvgIpc) is 3.40. The van der Waals surface area contributed by atoms with Crippen LogP contribution in [0, 0.1) is 11.3 Å². The van der Waals surface area contributed by atoms with Crippen molar-refractivity contribution in [2.75, 3.05) is 26.7 Å². The number of piperidine rings is 2.